The Morgan fingerprint density at radius 2 is 2.08 bits per heavy atom. The van der Waals surface area contributed by atoms with E-state index in [-0.39, 0.29) is 0 Å². The van der Waals surface area contributed by atoms with Crippen LogP contribution in [0.4, 0.5) is 0 Å². The van der Waals surface area contributed by atoms with E-state index in [9.17, 15) is 0 Å². The van der Waals surface area contributed by atoms with Crippen molar-refractivity contribution in [1.29, 1.82) is 0 Å². The van der Waals surface area contributed by atoms with E-state index in [1.807, 2.05) is 27.6 Å². The molecule has 0 bridgehead atoms. The van der Waals surface area contributed by atoms with Crippen molar-refractivity contribution in [1.82, 2.24) is 19.2 Å². The van der Waals surface area contributed by atoms with E-state index in [1.54, 1.807) is 0 Å². The number of hydrogen-bond donors (Lipinski definition) is 0. The van der Waals surface area contributed by atoms with Crippen molar-refractivity contribution in [3.05, 3.63) is 57.0 Å². The molecule has 0 spiro atoms. The predicted octanol–water partition coefficient (Wildman–Crippen LogP) is 4.78. The number of aryl methyl sites for hydroxylation is 1. The van der Waals surface area contributed by atoms with Crippen LogP contribution >= 0.6 is 23.6 Å². The molecular formula is C19H22N4S2. The molecule has 25 heavy (non-hydrogen) atoms. The van der Waals surface area contributed by atoms with E-state index in [1.165, 1.54) is 23.3 Å². The normalized spacial score (nSPS) is 18.1. The highest BCUT2D eigenvalue weighted by Crippen LogP contribution is 2.34. The summed E-state index contributed by atoms with van der Waals surface area (Å²) < 4.78 is 4.77. The van der Waals surface area contributed by atoms with Gasteiger partial charge in [0.1, 0.15) is 0 Å². The zero-order valence-electron chi connectivity index (χ0n) is 14.6. The first-order valence-corrected chi connectivity index (χ1v) is 9.91. The molecule has 3 aromatic rings. The van der Waals surface area contributed by atoms with Gasteiger partial charge in [0.25, 0.3) is 0 Å². The Labute approximate surface area is 157 Å². The highest BCUT2D eigenvalue weighted by Gasteiger charge is 2.27. The predicted molar refractivity (Wildman–Crippen MR) is 105 cm³/mol. The molecule has 4 rings (SSSR count). The van der Waals surface area contributed by atoms with Gasteiger partial charge in [0.2, 0.25) is 0 Å². The van der Waals surface area contributed by atoms with Crippen molar-refractivity contribution < 1.29 is 0 Å². The Morgan fingerprint density at radius 3 is 2.84 bits per heavy atom. The molecule has 1 aliphatic rings. The molecule has 1 aromatic carbocycles. The number of likely N-dealkylation sites (tertiary alicyclic amines) is 1. The minimum Gasteiger partial charge on any atom is -0.303 e. The van der Waals surface area contributed by atoms with Crippen molar-refractivity contribution in [2.24, 2.45) is 7.05 Å². The molecule has 0 N–H and O–H groups in total. The largest absolute Gasteiger partial charge is 0.303 e. The van der Waals surface area contributed by atoms with Crippen LogP contribution < -0.4 is 0 Å². The van der Waals surface area contributed by atoms with Crippen molar-refractivity contribution in [3.8, 4) is 11.4 Å². The van der Waals surface area contributed by atoms with Gasteiger partial charge in [0, 0.05) is 30.1 Å². The third kappa shape index (κ3) is 3.10. The van der Waals surface area contributed by atoms with Gasteiger partial charge in [-0.2, -0.15) is 5.10 Å². The highest BCUT2D eigenvalue weighted by atomic mass is 32.1. The fourth-order valence-corrected chi connectivity index (χ4v) is 4.69. The summed E-state index contributed by atoms with van der Waals surface area (Å²) in [6, 6.07) is 13.2. The molecule has 4 nitrogen and oxygen atoms in total. The molecule has 0 aliphatic carbocycles. The highest BCUT2D eigenvalue weighted by molar-refractivity contribution is 7.71. The quantitative estimate of drug-likeness (QED) is 0.618. The molecule has 0 radical (unpaired) electrons. The van der Waals surface area contributed by atoms with Gasteiger partial charge in [0.15, 0.2) is 10.6 Å². The van der Waals surface area contributed by atoms with Gasteiger partial charge < -0.3 is 4.57 Å². The maximum Gasteiger partial charge on any atom is 0.199 e. The topological polar surface area (TPSA) is 26.0 Å². The van der Waals surface area contributed by atoms with Crippen molar-refractivity contribution >= 4 is 23.6 Å². The molecule has 1 aliphatic heterocycles. The third-order valence-electron chi connectivity index (χ3n) is 4.98. The van der Waals surface area contributed by atoms with Crippen LogP contribution in [0.1, 0.15) is 29.3 Å². The van der Waals surface area contributed by atoms with Crippen LogP contribution in [-0.2, 0) is 13.7 Å². The number of rotatable bonds is 4. The van der Waals surface area contributed by atoms with Crippen LogP contribution in [0.15, 0.2) is 41.8 Å². The van der Waals surface area contributed by atoms with E-state index in [0.717, 1.165) is 29.4 Å². The monoisotopic (exact) mass is 370 g/mol. The van der Waals surface area contributed by atoms with Crippen LogP contribution in [0.5, 0.6) is 0 Å². The summed E-state index contributed by atoms with van der Waals surface area (Å²) in [7, 11) is 2.01. The van der Waals surface area contributed by atoms with Gasteiger partial charge in [0.05, 0.1) is 6.67 Å². The second-order valence-electron chi connectivity index (χ2n) is 6.61. The molecule has 2 aromatic heterocycles. The van der Waals surface area contributed by atoms with E-state index in [4.69, 9.17) is 17.3 Å². The lowest BCUT2D eigenvalue weighted by atomic mass is 10.1. The summed E-state index contributed by atoms with van der Waals surface area (Å²) in [4.78, 5) is 3.94. The van der Waals surface area contributed by atoms with E-state index in [2.05, 4.69) is 53.6 Å². The minimum absolute atomic E-state index is 0.491. The second-order valence-corrected chi connectivity index (χ2v) is 7.95. The lowest BCUT2D eigenvalue weighted by Gasteiger charge is -2.23. The van der Waals surface area contributed by atoms with Crippen molar-refractivity contribution in [3.63, 3.8) is 0 Å². The first kappa shape index (κ1) is 16.7. The maximum atomic E-state index is 5.67. The molecule has 130 valence electrons. The van der Waals surface area contributed by atoms with Gasteiger partial charge in [-0.05, 0) is 49.0 Å². The molecule has 1 fully saturated rings. The molecular weight excluding hydrogens is 348 g/mol. The standard InChI is InChI=1S/C19H22N4S2/c1-14-7-3-4-8-15(14)18-20-23(19(24)21(18)2)13-22-11-5-9-16(22)17-10-6-12-25-17/h3-4,6-8,10,12,16H,5,9,11,13H2,1-2H3/t16-/m1/s1. The summed E-state index contributed by atoms with van der Waals surface area (Å²) in [6.07, 6.45) is 2.44. The maximum absolute atomic E-state index is 5.67. The Morgan fingerprint density at radius 1 is 1.24 bits per heavy atom. The molecule has 0 amide bonds. The first-order chi connectivity index (χ1) is 12.1. The fraction of sp³-hybridized carbons (Fsp3) is 0.368. The van der Waals surface area contributed by atoms with Crippen LogP contribution in [0.25, 0.3) is 11.4 Å². The lowest BCUT2D eigenvalue weighted by Crippen LogP contribution is -2.26. The Kier molecular flexibility index (Phi) is 4.58. The SMILES string of the molecule is Cc1ccccc1-c1nn(CN2CCC[C@@H]2c2cccs2)c(=S)n1C. The van der Waals surface area contributed by atoms with Gasteiger partial charge >= 0.3 is 0 Å². The number of hydrogen-bond acceptors (Lipinski definition) is 4. The average Bonchev–Trinajstić information content (AvgIpc) is 3.33. The van der Waals surface area contributed by atoms with Crippen LogP contribution in [0.3, 0.4) is 0 Å². The van der Waals surface area contributed by atoms with Crippen LogP contribution in [0, 0.1) is 11.7 Å². The van der Waals surface area contributed by atoms with Crippen LogP contribution in [0.2, 0.25) is 0 Å². The van der Waals surface area contributed by atoms with Crippen molar-refractivity contribution in [2.75, 3.05) is 6.54 Å². The van der Waals surface area contributed by atoms with E-state index >= 15 is 0 Å². The molecule has 1 saturated heterocycles. The number of aromatic nitrogens is 3. The molecule has 0 unspecified atom stereocenters. The Balaban J connectivity index is 1.65. The number of nitrogens with zero attached hydrogens (tertiary/aromatic N) is 4. The summed E-state index contributed by atoms with van der Waals surface area (Å²) in [5.41, 5.74) is 2.36. The summed E-state index contributed by atoms with van der Waals surface area (Å²) in [5, 5.41) is 7.02. The van der Waals surface area contributed by atoms with Gasteiger partial charge in [-0.15, -0.1) is 11.3 Å². The number of benzene rings is 1. The Hall–Kier alpha value is -1.76. The van der Waals surface area contributed by atoms with E-state index < -0.39 is 0 Å². The summed E-state index contributed by atoms with van der Waals surface area (Å²) >= 11 is 7.51. The van der Waals surface area contributed by atoms with Gasteiger partial charge in [-0.25, -0.2) is 4.68 Å². The van der Waals surface area contributed by atoms with Crippen molar-refractivity contribution in [2.45, 2.75) is 32.5 Å². The molecule has 6 heteroatoms. The van der Waals surface area contributed by atoms with Gasteiger partial charge in [-0.1, -0.05) is 30.3 Å². The first-order valence-electron chi connectivity index (χ1n) is 8.62. The summed E-state index contributed by atoms with van der Waals surface area (Å²) in [5.74, 6) is 0.940. The average molecular weight is 371 g/mol. The lowest BCUT2D eigenvalue weighted by molar-refractivity contribution is 0.192. The summed E-state index contributed by atoms with van der Waals surface area (Å²) in [6.45, 7) is 3.96. The Bertz CT molecular complexity index is 923. The minimum atomic E-state index is 0.491. The fourth-order valence-electron chi connectivity index (χ4n) is 3.61. The third-order valence-corrected chi connectivity index (χ3v) is 6.44. The molecule has 3 heterocycles. The number of thiophene rings is 1. The van der Waals surface area contributed by atoms with Crippen LogP contribution in [-0.4, -0.2) is 25.8 Å². The second kappa shape index (κ2) is 6.86. The zero-order valence-corrected chi connectivity index (χ0v) is 16.2. The van der Waals surface area contributed by atoms with Gasteiger partial charge in [-0.3, -0.25) is 4.90 Å². The molecule has 1 atom stereocenters. The zero-order chi connectivity index (χ0) is 17.4. The smallest absolute Gasteiger partial charge is 0.199 e. The van der Waals surface area contributed by atoms with E-state index in [0.29, 0.717) is 6.04 Å². The molecule has 0 saturated carbocycles.